The van der Waals surface area contributed by atoms with Gasteiger partial charge in [0, 0.05) is 10.8 Å². The molecular weight excluding hydrogens is 164 g/mol. The Hall–Kier alpha value is -0.740. The summed E-state index contributed by atoms with van der Waals surface area (Å²) in [4.78, 5) is 0. The first-order valence-corrected chi connectivity index (χ1v) is 4.31. The molecule has 0 aliphatic carbocycles. The van der Waals surface area contributed by atoms with Gasteiger partial charge in [0.15, 0.2) is 17.6 Å². The second-order valence-corrected chi connectivity index (χ2v) is 3.08. The summed E-state index contributed by atoms with van der Waals surface area (Å²) < 4.78 is 10.6. The fourth-order valence-corrected chi connectivity index (χ4v) is 1.62. The van der Waals surface area contributed by atoms with Crippen LogP contribution in [0.5, 0.6) is 11.5 Å². The molecule has 0 unspecified atom stereocenters. The van der Waals surface area contributed by atoms with Crippen LogP contribution in [0.25, 0.3) is 0 Å². The minimum atomic E-state index is -0.197. The van der Waals surface area contributed by atoms with E-state index in [9.17, 15) is 0 Å². The van der Waals surface area contributed by atoms with Crippen LogP contribution in [-0.4, -0.2) is 24.4 Å². The van der Waals surface area contributed by atoms with E-state index in [2.05, 4.69) is 0 Å². The van der Waals surface area contributed by atoms with Crippen LogP contribution in [0.15, 0.2) is 10.8 Å². The number of aliphatic hydroxyl groups excluding tert-OH is 1. The smallest absolute Gasteiger partial charge is 0.172 e. The highest BCUT2D eigenvalue weighted by atomic mass is 32.1. The van der Waals surface area contributed by atoms with E-state index in [-0.39, 0.29) is 12.7 Å². The van der Waals surface area contributed by atoms with Crippen LogP contribution in [0.2, 0.25) is 0 Å². The fourth-order valence-electron chi connectivity index (χ4n) is 0.951. The number of hydrogen-bond donors (Lipinski definition) is 1. The lowest BCUT2D eigenvalue weighted by molar-refractivity contribution is 0.0466. The summed E-state index contributed by atoms with van der Waals surface area (Å²) in [5.41, 5.74) is 0. The lowest BCUT2D eigenvalue weighted by Gasteiger charge is -2.22. The van der Waals surface area contributed by atoms with Gasteiger partial charge in [0.25, 0.3) is 0 Å². The normalized spacial score (nSPS) is 21.7. The highest BCUT2D eigenvalue weighted by Crippen LogP contribution is 2.34. The molecule has 1 aromatic rings. The van der Waals surface area contributed by atoms with Crippen molar-refractivity contribution >= 4 is 11.3 Å². The highest BCUT2D eigenvalue weighted by molar-refractivity contribution is 7.08. The summed E-state index contributed by atoms with van der Waals surface area (Å²) in [5, 5.41) is 12.5. The average Bonchev–Trinajstić information content (AvgIpc) is 2.50. The Kier molecular flexibility index (Phi) is 1.71. The first kappa shape index (κ1) is 6.94. The van der Waals surface area contributed by atoms with Crippen molar-refractivity contribution in [2.75, 3.05) is 13.2 Å². The molecule has 1 aliphatic heterocycles. The third kappa shape index (κ3) is 1.19. The van der Waals surface area contributed by atoms with Crippen LogP contribution in [-0.2, 0) is 0 Å². The number of fused-ring (bicyclic) bond motifs is 1. The Morgan fingerprint density at radius 1 is 1.55 bits per heavy atom. The summed E-state index contributed by atoms with van der Waals surface area (Å²) >= 11 is 1.54. The van der Waals surface area contributed by atoms with Crippen molar-refractivity contribution in [1.82, 2.24) is 0 Å². The first-order chi connectivity index (χ1) is 5.40. The second-order valence-electron chi connectivity index (χ2n) is 2.33. The van der Waals surface area contributed by atoms with E-state index in [0.717, 1.165) is 11.5 Å². The Morgan fingerprint density at radius 2 is 2.36 bits per heavy atom. The number of rotatable bonds is 1. The van der Waals surface area contributed by atoms with Crippen molar-refractivity contribution in [1.29, 1.82) is 0 Å². The maximum Gasteiger partial charge on any atom is 0.172 e. The third-order valence-corrected chi connectivity index (χ3v) is 2.22. The van der Waals surface area contributed by atoms with Crippen molar-refractivity contribution < 1.29 is 14.6 Å². The predicted octanol–water partition coefficient (Wildman–Crippen LogP) is 0.880. The van der Waals surface area contributed by atoms with Crippen LogP contribution in [0, 0.1) is 0 Å². The Morgan fingerprint density at radius 3 is 3.18 bits per heavy atom. The topological polar surface area (TPSA) is 38.7 Å². The molecule has 2 rings (SSSR count). The summed E-state index contributed by atoms with van der Waals surface area (Å²) in [7, 11) is 0. The van der Waals surface area contributed by atoms with Gasteiger partial charge in [-0.2, -0.15) is 0 Å². The minimum Gasteiger partial charge on any atom is -0.485 e. The Bertz CT molecular complexity index is 246. The van der Waals surface area contributed by atoms with E-state index >= 15 is 0 Å². The van der Waals surface area contributed by atoms with Gasteiger partial charge in [0.1, 0.15) is 6.61 Å². The van der Waals surface area contributed by atoms with Crippen molar-refractivity contribution in [3.8, 4) is 11.5 Å². The molecule has 0 spiro atoms. The van der Waals surface area contributed by atoms with Gasteiger partial charge in [-0.25, -0.2) is 0 Å². The fraction of sp³-hybridized carbons (Fsp3) is 0.429. The maximum atomic E-state index is 8.75. The standard InChI is InChI=1S/C7H8O3S/c8-1-5-2-9-6-3-11-4-7(6)10-5/h3-5,8H,1-2H2/t5-/m0/s1. The van der Waals surface area contributed by atoms with Gasteiger partial charge in [-0.1, -0.05) is 0 Å². The van der Waals surface area contributed by atoms with E-state index < -0.39 is 0 Å². The predicted molar refractivity (Wildman–Crippen MR) is 41.3 cm³/mol. The average molecular weight is 172 g/mol. The molecule has 3 nitrogen and oxygen atoms in total. The summed E-state index contributed by atoms with van der Waals surface area (Å²) in [6, 6.07) is 0. The molecule has 60 valence electrons. The number of aliphatic hydroxyl groups is 1. The van der Waals surface area contributed by atoms with Gasteiger partial charge in [0.2, 0.25) is 0 Å². The molecule has 1 atom stereocenters. The van der Waals surface area contributed by atoms with Gasteiger partial charge < -0.3 is 14.6 Å². The van der Waals surface area contributed by atoms with Crippen LogP contribution < -0.4 is 9.47 Å². The molecule has 0 saturated heterocycles. The number of thiophene rings is 1. The lowest BCUT2D eigenvalue weighted by Crippen LogP contribution is -2.31. The molecule has 0 fully saturated rings. The van der Waals surface area contributed by atoms with Crippen LogP contribution >= 0.6 is 11.3 Å². The van der Waals surface area contributed by atoms with Crippen molar-refractivity contribution in [2.24, 2.45) is 0 Å². The molecule has 1 N–H and O–H groups in total. The van der Waals surface area contributed by atoms with Crippen LogP contribution in [0.1, 0.15) is 0 Å². The van der Waals surface area contributed by atoms with E-state index in [1.54, 1.807) is 0 Å². The Labute approximate surface area is 68.2 Å². The number of hydrogen-bond acceptors (Lipinski definition) is 4. The third-order valence-electron chi connectivity index (χ3n) is 1.52. The van der Waals surface area contributed by atoms with Crippen molar-refractivity contribution in [2.45, 2.75) is 6.10 Å². The van der Waals surface area contributed by atoms with Crippen LogP contribution in [0.4, 0.5) is 0 Å². The zero-order valence-corrected chi connectivity index (χ0v) is 6.63. The quantitative estimate of drug-likeness (QED) is 0.683. The van der Waals surface area contributed by atoms with Gasteiger partial charge in [-0.3, -0.25) is 0 Å². The molecule has 0 aromatic carbocycles. The molecule has 0 saturated carbocycles. The second kappa shape index (κ2) is 2.71. The van der Waals surface area contributed by atoms with E-state index in [0.29, 0.717) is 6.61 Å². The molecule has 2 heterocycles. The largest absolute Gasteiger partial charge is 0.485 e. The van der Waals surface area contributed by atoms with Crippen molar-refractivity contribution in [3.63, 3.8) is 0 Å². The molecule has 1 aromatic heterocycles. The maximum absolute atomic E-state index is 8.75. The van der Waals surface area contributed by atoms with E-state index in [4.69, 9.17) is 14.6 Å². The van der Waals surface area contributed by atoms with Crippen molar-refractivity contribution in [3.05, 3.63) is 10.8 Å². The summed E-state index contributed by atoms with van der Waals surface area (Å²) in [6.07, 6.45) is -0.197. The first-order valence-electron chi connectivity index (χ1n) is 3.36. The molecule has 0 amide bonds. The lowest BCUT2D eigenvalue weighted by atomic mass is 10.3. The van der Waals surface area contributed by atoms with Gasteiger partial charge >= 0.3 is 0 Å². The van der Waals surface area contributed by atoms with Crippen LogP contribution in [0.3, 0.4) is 0 Å². The molecular formula is C7H8O3S. The van der Waals surface area contributed by atoms with E-state index in [1.165, 1.54) is 11.3 Å². The molecule has 0 radical (unpaired) electrons. The minimum absolute atomic E-state index is 0.00921. The molecule has 0 bridgehead atoms. The van der Waals surface area contributed by atoms with Gasteiger partial charge in [-0.05, 0) is 0 Å². The number of ether oxygens (including phenoxy) is 2. The Balaban J connectivity index is 2.18. The molecule has 1 aliphatic rings. The monoisotopic (exact) mass is 172 g/mol. The summed E-state index contributed by atoms with van der Waals surface area (Å²) in [6.45, 7) is 0.454. The SMILES string of the molecule is OC[C@H]1COc2cscc2O1. The summed E-state index contributed by atoms with van der Waals surface area (Å²) in [5.74, 6) is 1.54. The molecule has 11 heavy (non-hydrogen) atoms. The zero-order chi connectivity index (χ0) is 7.68. The van der Waals surface area contributed by atoms with E-state index in [1.807, 2.05) is 10.8 Å². The van der Waals surface area contributed by atoms with Gasteiger partial charge in [-0.15, -0.1) is 11.3 Å². The zero-order valence-electron chi connectivity index (χ0n) is 5.82. The molecule has 4 heteroatoms. The van der Waals surface area contributed by atoms with Gasteiger partial charge in [0.05, 0.1) is 6.61 Å². The highest BCUT2D eigenvalue weighted by Gasteiger charge is 2.20.